The van der Waals surface area contributed by atoms with Crippen molar-refractivity contribution in [1.29, 1.82) is 0 Å². The van der Waals surface area contributed by atoms with Gasteiger partial charge in [0.15, 0.2) is 11.6 Å². The van der Waals surface area contributed by atoms with Crippen molar-refractivity contribution in [1.82, 2.24) is 15.0 Å². The number of aryl methyl sites for hydroxylation is 2. The minimum absolute atomic E-state index is 0.414. The number of hydrogen-bond acceptors (Lipinski definition) is 5. The number of hydrogen-bond donors (Lipinski definition) is 1. The van der Waals surface area contributed by atoms with Crippen LogP contribution in [-0.4, -0.2) is 21.6 Å². The summed E-state index contributed by atoms with van der Waals surface area (Å²) in [6.45, 7) is 8.46. The lowest BCUT2D eigenvalue weighted by molar-refractivity contribution is 0.161. The van der Waals surface area contributed by atoms with Crippen molar-refractivity contribution in [2.45, 2.75) is 27.7 Å². The third kappa shape index (κ3) is 4.12. The Labute approximate surface area is 129 Å². The van der Waals surface area contributed by atoms with Crippen LogP contribution in [0, 0.1) is 19.8 Å². The summed E-state index contributed by atoms with van der Waals surface area (Å²) in [5.74, 6) is 1.40. The van der Waals surface area contributed by atoms with Crippen LogP contribution in [0.4, 0.5) is 5.82 Å². The molecule has 0 amide bonds. The van der Waals surface area contributed by atoms with Gasteiger partial charge in [-0.05, 0) is 31.9 Å². The summed E-state index contributed by atoms with van der Waals surface area (Å²) in [7, 11) is 0. The monoisotopic (exact) mass is 306 g/mol. The molecule has 0 aromatic carbocycles. The van der Waals surface area contributed by atoms with Gasteiger partial charge in [-0.2, -0.15) is 0 Å². The molecule has 0 fully saturated rings. The van der Waals surface area contributed by atoms with E-state index >= 15 is 0 Å². The van der Waals surface area contributed by atoms with Crippen LogP contribution in [0.25, 0.3) is 11.5 Å². The highest BCUT2D eigenvalue weighted by atomic mass is 35.5. The molecule has 1 N–H and O–H groups in total. The Morgan fingerprint density at radius 3 is 2.62 bits per heavy atom. The third-order valence-electron chi connectivity index (χ3n) is 2.72. The van der Waals surface area contributed by atoms with Crippen molar-refractivity contribution in [3.63, 3.8) is 0 Å². The molecule has 0 aliphatic rings. The Morgan fingerprint density at radius 2 is 1.95 bits per heavy atom. The van der Waals surface area contributed by atoms with Gasteiger partial charge in [-0.3, -0.25) is 4.84 Å². The largest absolute Gasteiger partial charge is 0.274 e. The number of nitrogens with one attached hydrogen (secondary N) is 1. The fourth-order valence-electron chi connectivity index (χ4n) is 1.69. The molecule has 0 atom stereocenters. The summed E-state index contributed by atoms with van der Waals surface area (Å²) in [6.07, 6.45) is 0. The van der Waals surface area contributed by atoms with E-state index in [2.05, 4.69) is 34.3 Å². The highest BCUT2D eigenvalue weighted by Crippen LogP contribution is 2.25. The molecular weight excluding hydrogens is 288 g/mol. The molecule has 0 spiro atoms. The van der Waals surface area contributed by atoms with Crippen LogP contribution in [0.15, 0.2) is 18.2 Å². The Morgan fingerprint density at radius 1 is 1.19 bits per heavy atom. The van der Waals surface area contributed by atoms with E-state index in [0.29, 0.717) is 40.6 Å². The second-order valence-electron chi connectivity index (χ2n) is 5.27. The van der Waals surface area contributed by atoms with Gasteiger partial charge in [0.2, 0.25) is 0 Å². The van der Waals surface area contributed by atoms with Crippen molar-refractivity contribution < 1.29 is 4.84 Å². The van der Waals surface area contributed by atoms with Gasteiger partial charge in [0.25, 0.3) is 0 Å². The number of rotatable bonds is 5. The van der Waals surface area contributed by atoms with E-state index in [9.17, 15) is 0 Å². The zero-order valence-corrected chi connectivity index (χ0v) is 13.4. The van der Waals surface area contributed by atoms with Crippen LogP contribution in [-0.2, 0) is 4.84 Å². The highest BCUT2D eigenvalue weighted by Gasteiger charge is 2.12. The molecule has 0 unspecified atom stereocenters. The Balaban J connectivity index is 2.29. The maximum absolute atomic E-state index is 6.21. The average Bonchev–Trinajstić information content (AvgIpc) is 2.43. The van der Waals surface area contributed by atoms with Crippen LogP contribution in [0.3, 0.4) is 0 Å². The molecule has 0 aliphatic carbocycles. The Kier molecular flexibility index (Phi) is 5.09. The summed E-state index contributed by atoms with van der Waals surface area (Å²) in [5.41, 5.74) is 5.10. The summed E-state index contributed by atoms with van der Waals surface area (Å²) < 4.78 is 0. The molecule has 2 heterocycles. The SMILES string of the molecule is Cc1cccc(-c2nc(C)c(Cl)c(NOCC(C)C)n2)n1. The lowest BCUT2D eigenvalue weighted by Gasteiger charge is -2.12. The number of nitrogens with zero attached hydrogens (tertiary/aromatic N) is 3. The molecule has 2 aromatic rings. The summed E-state index contributed by atoms with van der Waals surface area (Å²) >= 11 is 6.21. The van der Waals surface area contributed by atoms with E-state index < -0.39 is 0 Å². The van der Waals surface area contributed by atoms with E-state index in [1.54, 1.807) is 0 Å². The molecule has 0 radical (unpaired) electrons. The first-order chi connectivity index (χ1) is 9.97. The molecule has 5 nitrogen and oxygen atoms in total. The van der Waals surface area contributed by atoms with E-state index in [1.807, 2.05) is 32.0 Å². The van der Waals surface area contributed by atoms with Gasteiger partial charge < -0.3 is 0 Å². The van der Waals surface area contributed by atoms with Crippen LogP contribution in [0.1, 0.15) is 25.2 Å². The first kappa shape index (κ1) is 15.7. The van der Waals surface area contributed by atoms with Gasteiger partial charge in [0.1, 0.15) is 10.7 Å². The zero-order valence-electron chi connectivity index (χ0n) is 12.6. The van der Waals surface area contributed by atoms with Gasteiger partial charge in [0, 0.05) is 5.69 Å². The fraction of sp³-hybridized carbons (Fsp3) is 0.400. The second-order valence-corrected chi connectivity index (χ2v) is 5.64. The van der Waals surface area contributed by atoms with Crippen molar-refractivity contribution in [2.24, 2.45) is 5.92 Å². The number of aromatic nitrogens is 3. The minimum Gasteiger partial charge on any atom is -0.274 e. The number of anilines is 1. The van der Waals surface area contributed by atoms with Gasteiger partial charge in [0.05, 0.1) is 12.3 Å². The smallest absolute Gasteiger partial charge is 0.180 e. The number of halogens is 1. The van der Waals surface area contributed by atoms with Gasteiger partial charge in [-0.15, -0.1) is 0 Å². The Hall–Kier alpha value is -1.72. The van der Waals surface area contributed by atoms with E-state index in [-0.39, 0.29) is 0 Å². The lowest BCUT2D eigenvalue weighted by Crippen LogP contribution is -2.10. The molecule has 2 aromatic heterocycles. The molecule has 0 saturated heterocycles. The van der Waals surface area contributed by atoms with Gasteiger partial charge in [-0.25, -0.2) is 20.4 Å². The molecule has 112 valence electrons. The quantitative estimate of drug-likeness (QED) is 0.851. The van der Waals surface area contributed by atoms with Gasteiger partial charge in [-0.1, -0.05) is 31.5 Å². The van der Waals surface area contributed by atoms with Gasteiger partial charge >= 0.3 is 0 Å². The maximum Gasteiger partial charge on any atom is 0.180 e. The average molecular weight is 307 g/mol. The highest BCUT2D eigenvalue weighted by molar-refractivity contribution is 6.33. The summed E-state index contributed by atoms with van der Waals surface area (Å²) in [5, 5.41) is 0.454. The van der Waals surface area contributed by atoms with E-state index in [4.69, 9.17) is 16.4 Å². The molecule has 2 rings (SSSR count). The molecule has 0 bridgehead atoms. The van der Waals surface area contributed by atoms with Crippen molar-refractivity contribution in [3.8, 4) is 11.5 Å². The van der Waals surface area contributed by atoms with Crippen molar-refractivity contribution in [3.05, 3.63) is 34.6 Å². The standard InChI is InChI=1S/C15H19ClN4O/c1-9(2)8-21-20-15-13(16)11(4)18-14(19-15)12-7-5-6-10(3)17-12/h5-7,9H,8H2,1-4H3,(H,18,19,20). The maximum atomic E-state index is 6.21. The predicted molar refractivity (Wildman–Crippen MR) is 84.2 cm³/mol. The topological polar surface area (TPSA) is 59.9 Å². The molecule has 6 heteroatoms. The molecular formula is C15H19ClN4O. The Bertz CT molecular complexity index is 631. The second kappa shape index (κ2) is 6.83. The van der Waals surface area contributed by atoms with E-state index in [1.165, 1.54) is 0 Å². The lowest BCUT2D eigenvalue weighted by atomic mass is 10.2. The zero-order chi connectivity index (χ0) is 15.4. The third-order valence-corrected chi connectivity index (χ3v) is 3.17. The van der Waals surface area contributed by atoms with Crippen LogP contribution in [0.5, 0.6) is 0 Å². The molecule has 21 heavy (non-hydrogen) atoms. The summed E-state index contributed by atoms with van der Waals surface area (Å²) in [6, 6.07) is 5.72. The first-order valence-electron chi connectivity index (χ1n) is 6.83. The fourth-order valence-corrected chi connectivity index (χ4v) is 1.81. The van der Waals surface area contributed by atoms with Crippen molar-refractivity contribution >= 4 is 17.4 Å². The minimum atomic E-state index is 0.414. The normalized spacial score (nSPS) is 11.0. The van der Waals surface area contributed by atoms with Crippen LogP contribution in [0.2, 0.25) is 5.02 Å². The van der Waals surface area contributed by atoms with Crippen LogP contribution < -0.4 is 5.48 Å². The van der Waals surface area contributed by atoms with E-state index in [0.717, 1.165) is 5.69 Å². The van der Waals surface area contributed by atoms with Crippen LogP contribution >= 0.6 is 11.6 Å². The first-order valence-corrected chi connectivity index (χ1v) is 7.21. The predicted octanol–water partition coefficient (Wildman–Crippen LogP) is 3.81. The van der Waals surface area contributed by atoms with Crippen molar-refractivity contribution in [2.75, 3.05) is 12.1 Å². The molecule has 0 saturated carbocycles. The summed E-state index contributed by atoms with van der Waals surface area (Å²) in [4.78, 5) is 18.6. The number of pyridine rings is 1. The molecule has 0 aliphatic heterocycles.